The highest BCUT2D eigenvalue weighted by atomic mass is 16.5. The molecule has 0 aliphatic rings. The Kier molecular flexibility index (Phi) is 3.94. The molecule has 2 aromatic heterocycles. The van der Waals surface area contributed by atoms with Crippen molar-refractivity contribution in [1.29, 1.82) is 0 Å². The molecule has 0 atom stereocenters. The molecular formula is C17H13N7O2. The summed E-state index contributed by atoms with van der Waals surface area (Å²) in [6.07, 6.45) is 0.481. The molecule has 2 heterocycles. The van der Waals surface area contributed by atoms with Crippen LogP contribution in [0.25, 0.3) is 22.8 Å². The monoisotopic (exact) mass is 347 g/mol. The fraction of sp³-hybridized carbons (Fsp3) is 0.0588. The smallest absolute Gasteiger partial charge is 0.248 e. The third kappa shape index (κ3) is 3.18. The lowest BCUT2D eigenvalue weighted by Crippen LogP contribution is -2.10. The van der Waals surface area contributed by atoms with E-state index in [1.54, 1.807) is 24.3 Å². The van der Waals surface area contributed by atoms with E-state index in [-0.39, 0.29) is 0 Å². The second-order valence-electron chi connectivity index (χ2n) is 5.57. The Hall–Kier alpha value is -3.88. The van der Waals surface area contributed by atoms with Crippen molar-refractivity contribution in [2.75, 3.05) is 0 Å². The Morgan fingerprint density at radius 2 is 1.92 bits per heavy atom. The highest BCUT2D eigenvalue weighted by molar-refractivity contribution is 5.93. The van der Waals surface area contributed by atoms with Gasteiger partial charge in [0, 0.05) is 16.7 Å². The number of rotatable bonds is 5. The van der Waals surface area contributed by atoms with Gasteiger partial charge in [-0.1, -0.05) is 41.6 Å². The molecule has 128 valence electrons. The maximum absolute atomic E-state index is 11.3. The van der Waals surface area contributed by atoms with E-state index in [0.29, 0.717) is 35.1 Å². The number of benzene rings is 2. The van der Waals surface area contributed by atoms with Crippen LogP contribution in [0.3, 0.4) is 0 Å². The predicted octanol–water partition coefficient (Wildman–Crippen LogP) is 1.61. The number of amides is 1. The lowest BCUT2D eigenvalue weighted by Gasteiger charge is -1.99. The molecule has 4 aromatic rings. The zero-order valence-electron chi connectivity index (χ0n) is 13.5. The van der Waals surface area contributed by atoms with Crippen LogP contribution in [-0.4, -0.2) is 36.7 Å². The quantitative estimate of drug-likeness (QED) is 0.559. The molecule has 0 aliphatic heterocycles. The molecule has 0 spiro atoms. The molecule has 9 heteroatoms. The van der Waals surface area contributed by atoms with Crippen LogP contribution in [-0.2, 0) is 6.42 Å². The molecule has 0 saturated heterocycles. The van der Waals surface area contributed by atoms with Gasteiger partial charge in [0.25, 0.3) is 0 Å². The van der Waals surface area contributed by atoms with Crippen molar-refractivity contribution in [3.05, 3.63) is 65.5 Å². The van der Waals surface area contributed by atoms with Gasteiger partial charge in [-0.2, -0.15) is 10.2 Å². The standard InChI is InChI=1S/C17H13N7O2/c18-15(25)12-2-1-3-13(9-12)16-19-14(26-22-16)8-10-4-6-11(7-5-10)17-20-23-24-21-17/h1-7,9H,8H2,(H2,18,25)(H,20,21,23,24). The molecule has 2 aromatic carbocycles. The normalized spacial score (nSPS) is 10.8. The second-order valence-corrected chi connectivity index (χ2v) is 5.57. The number of aromatic amines is 1. The number of aromatic nitrogens is 6. The fourth-order valence-corrected chi connectivity index (χ4v) is 2.49. The van der Waals surface area contributed by atoms with Crippen LogP contribution in [0.2, 0.25) is 0 Å². The van der Waals surface area contributed by atoms with Crippen molar-refractivity contribution in [2.24, 2.45) is 5.73 Å². The van der Waals surface area contributed by atoms with E-state index in [0.717, 1.165) is 11.1 Å². The molecule has 3 N–H and O–H groups in total. The van der Waals surface area contributed by atoms with Gasteiger partial charge in [0.1, 0.15) is 0 Å². The molecule has 9 nitrogen and oxygen atoms in total. The van der Waals surface area contributed by atoms with E-state index < -0.39 is 5.91 Å². The van der Waals surface area contributed by atoms with E-state index in [1.165, 1.54) is 0 Å². The minimum atomic E-state index is -0.503. The minimum absolute atomic E-state index is 0.394. The van der Waals surface area contributed by atoms with Crippen molar-refractivity contribution >= 4 is 5.91 Å². The molecule has 0 bridgehead atoms. The lowest BCUT2D eigenvalue weighted by molar-refractivity contribution is 0.100. The van der Waals surface area contributed by atoms with E-state index in [2.05, 4.69) is 30.8 Å². The van der Waals surface area contributed by atoms with Gasteiger partial charge in [0.15, 0.2) is 0 Å². The molecule has 26 heavy (non-hydrogen) atoms. The van der Waals surface area contributed by atoms with Crippen molar-refractivity contribution in [3.63, 3.8) is 0 Å². The Morgan fingerprint density at radius 1 is 1.08 bits per heavy atom. The Labute approximate surface area is 147 Å². The van der Waals surface area contributed by atoms with Crippen molar-refractivity contribution in [1.82, 2.24) is 30.8 Å². The summed E-state index contributed by atoms with van der Waals surface area (Å²) in [6.45, 7) is 0. The van der Waals surface area contributed by atoms with E-state index in [1.807, 2.05) is 24.3 Å². The van der Waals surface area contributed by atoms with Crippen LogP contribution in [0.5, 0.6) is 0 Å². The van der Waals surface area contributed by atoms with E-state index >= 15 is 0 Å². The van der Waals surface area contributed by atoms with Gasteiger partial charge in [-0.3, -0.25) is 4.79 Å². The number of nitrogens with two attached hydrogens (primary N) is 1. The summed E-state index contributed by atoms with van der Waals surface area (Å²) < 4.78 is 5.31. The van der Waals surface area contributed by atoms with Crippen molar-refractivity contribution in [2.45, 2.75) is 6.42 Å². The van der Waals surface area contributed by atoms with Crippen molar-refractivity contribution in [3.8, 4) is 22.8 Å². The topological polar surface area (TPSA) is 136 Å². The average molecular weight is 347 g/mol. The minimum Gasteiger partial charge on any atom is -0.366 e. The summed E-state index contributed by atoms with van der Waals surface area (Å²) in [5.41, 5.74) is 8.22. The van der Waals surface area contributed by atoms with E-state index in [4.69, 9.17) is 10.3 Å². The third-order valence-corrected chi connectivity index (χ3v) is 3.79. The average Bonchev–Trinajstić information content (AvgIpc) is 3.34. The number of hydrogen-bond acceptors (Lipinski definition) is 7. The zero-order valence-corrected chi connectivity index (χ0v) is 13.5. The summed E-state index contributed by atoms with van der Waals surface area (Å²) in [5, 5.41) is 17.8. The molecule has 0 aliphatic carbocycles. The number of H-pyrrole nitrogens is 1. The number of nitrogens with zero attached hydrogens (tertiary/aromatic N) is 5. The fourth-order valence-electron chi connectivity index (χ4n) is 2.49. The van der Waals surface area contributed by atoms with E-state index in [9.17, 15) is 4.79 Å². The Morgan fingerprint density at radius 3 is 2.65 bits per heavy atom. The highest BCUT2D eigenvalue weighted by Crippen LogP contribution is 2.20. The molecule has 0 radical (unpaired) electrons. The van der Waals surface area contributed by atoms with Crippen molar-refractivity contribution < 1.29 is 9.32 Å². The maximum atomic E-state index is 11.3. The molecule has 0 saturated carbocycles. The first kappa shape index (κ1) is 15.6. The molecular weight excluding hydrogens is 334 g/mol. The van der Waals surface area contributed by atoms with Crippen LogP contribution in [0, 0.1) is 0 Å². The number of carbonyl (C=O) groups excluding carboxylic acids is 1. The lowest BCUT2D eigenvalue weighted by atomic mass is 10.1. The van der Waals surface area contributed by atoms with Crippen LogP contribution >= 0.6 is 0 Å². The van der Waals surface area contributed by atoms with Crippen LogP contribution in [0.1, 0.15) is 21.8 Å². The number of carbonyl (C=O) groups is 1. The first-order valence-electron chi connectivity index (χ1n) is 7.74. The molecule has 0 fully saturated rings. The number of tetrazole rings is 1. The Bertz CT molecular complexity index is 1040. The maximum Gasteiger partial charge on any atom is 0.248 e. The molecule has 0 unspecified atom stereocenters. The number of nitrogens with one attached hydrogen (secondary N) is 1. The highest BCUT2D eigenvalue weighted by Gasteiger charge is 2.11. The first-order chi connectivity index (χ1) is 12.7. The van der Waals surface area contributed by atoms with Gasteiger partial charge in [-0.15, -0.1) is 10.2 Å². The largest absolute Gasteiger partial charge is 0.366 e. The summed E-state index contributed by atoms with van der Waals surface area (Å²) in [6, 6.07) is 14.5. The van der Waals surface area contributed by atoms with Gasteiger partial charge in [-0.05, 0) is 22.9 Å². The van der Waals surface area contributed by atoms with Crippen LogP contribution < -0.4 is 5.73 Å². The predicted molar refractivity (Wildman–Crippen MR) is 90.7 cm³/mol. The van der Waals surface area contributed by atoms with Gasteiger partial charge in [0.2, 0.25) is 23.4 Å². The SMILES string of the molecule is NC(=O)c1cccc(-c2noc(Cc3ccc(-c4nn[nH]n4)cc3)n2)c1. The van der Waals surface area contributed by atoms with Gasteiger partial charge >= 0.3 is 0 Å². The number of hydrogen-bond donors (Lipinski definition) is 2. The Balaban J connectivity index is 1.52. The molecule has 1 amide bonds. The van der Waals surface area contributed by atoms with Gasteiger partial charge < -0.3 is 10.3 Å². The summed E-state index contributed by atoms with van der Waals surface area (Å²) in [4.78, 5) is 15.7. The number of primary amides is 1. The summed E-state index contributed by atoms with van der Waals surface area (Å²) in [7, 11) is 0. The van der Waals surface area contributed by atoms with Gasteiger partial charge in [0.05, 0.1) is 6.42 Å². The molecule has 4 rings (SSSR count). The summed E-state index contributed by atoms with van der Waals surface area (Å²) >= 11 is 0. The van der Waals surface area contributed by atoms with Gasteiger partial charge in [-0.25, -0.2) is 0 Å². The second kappa shape index (κ2) is 6.55. The van der Waals surface area contributed by atoms with Crippen LogP contribution in [0.15, 0.2) is 53.1 Å². The van der Waals surface area contributed by atoms with Crippen LogP contribution in [0.4, 0.5) is 0 Å². The summed E-state index contributed by atoms with van der Waals surface area (Å²) in [5.74, 6) is 0.909. The first-order valence-corrected chi connectivity index (χ1v) is 7.74. The zero-order chi connectivity index (χ0) is 17.9. The third-order valence-electron chi connectivity index (χ3n) is 3.79.